The van der Waals surface area contributed by atoms with Crippen LogP contribution in [0.5, 0.6) is 0 Å². The maximum atomic E-state index is 12.8. The van der Waals surface area contributed by atoms with Gasteiger partial charge in [-0.3, -0.25) is 4.79 Å². The molecular weight excluding hydrogens is 327 g/mol. The minimum absolute atomic E-state index is 0. The summed E-state index contributed by atoms with van der Waals surface area (Å²) in [7, 11) is 0. The van der Waals surface area contributed by atoms with Crippen molar-refractivity contribution in [3.8, 4) is 0 Å². The normalized spacial score (nSPS) is 23.8. The predicted molar refractivity (Wildman–Crippen MR) is 90.9 cm³/mol. The van der Waals surface area contributed by atoms with Crippen molar-refractivity contribution < 1.29 is 4.79 Å². The van der Waals surface area contributed by atoms with Crippen LogP contribution in [0, 0.1) is 11.8 Å². The molecule has 1 N–H and O–H groups in total. The van der Waals surface area contributed by atoms with E-state index in [0.29, 0.717) is 16.9 Å². The van der Waals surface area contributed by atoms with E-state index in [1.807, 2.05) is 23.1 Å². The third kappa shape index (κ3) is 3.50. The summed E-state index contributed by atoms with van der Waals surface area (Å²) < 4.78 is 0. The van der Waals surface area contributed by atoms with Gasteiger partial charge < -0.3 is 10.2 Å². The van der Waals surface area contributed by atoms with Gasteiger partial charge >= 0.3 is 0 Å². The van der Waals surface area contributed by atoms with Gasteiger partial charge in [-0.15, -0.1) is 24.2 Å². The molecule has 0 radical (unpaired) electrons. The SMILES string of the molecule is CCSc1ccc(Cl)cc1C(=O)N1C[C@H]2CNC[C@H]2C1.Cl. The van der Waals surface area contributed by atoms with Crippen molar-refractivity contribution in [1.29, 1.82) is 0 Å². The van der Waals surface area contributed by atoms with E-state index in [0.717, 1.165) is 42.4 Å². The van der Waals surface area contributed by atoms with Gasteiger partial charge in [0.1, 0.15) is 0 Å². The van der Waals surface area contributed by atoms with Crippen LogP contribution in [0.1, 0.15) is 17.3 Å². The highest BCUT2D eigenvalue weighted by molar-refractivity contribution is 7.99. The van der Waals surface area contributed by atoms with Crippen molar-refractivity contribution in [3.63, 3.8) is 0 Å². The molecule has 2 atom stereocenters. The molecule has 2 aliphatic heterocycles. The second-order valence-electron chi connectivity index (χ2n) is 5.46. The number of thioether (sulfide) groups is 1. The van der Waals surface area contributed by atoms with E-state index in [1.54, 1.807) is 11.8 Å². The Balaban J connectivity index is 0.00000161. The number of carbonyl (C=O) groups is 1. The molecule has 116 valence electrons. The molecule has 3 nitrogen and oxygen atoms in total. The number of amides is 1. The van der Waals surface area contributed by atoms with Crippen LogP contribution < -0.4 is 5.32 Å². The summed E-state index contributed by atoms with van der Waals surface area (Å²) in [5.74, 6) is 2.34. The number of rotatable bonds is 3. The van der Waals surface area contributed by atoms with Gasteiger partial charge in [-0.2, -0.15) is 0 Å². The Morgan fingerprint density at radius 1 is 1.38 bits per heavy atom. The molecular formula is C15H20Cl2N2OS. The van der Waals surface area contributed by atoms with Gasteiger partial charge in [0.15, 0.2) is 0 Å². The number of nitrogens with one attached hydrogen (secondary N) is 1. The Morgan fingerprint density at radius 3 is 2.67 bits per heavy atom. The number of nitrogens with zero attached hydrogens (tertiary/aromatic N) is 1. The summed E-state index contributed by atoms with van der Waals surface area (Å²) >= 11 is 7.77. The third-order valence-corrected chi connectivity index (χ3v) is 5.34. The van der Waals surface area contributed by atoms with Crippen LogP contribution in [0.2, 0.25) is 5.02 Å². The van der Waals surface area contributed by atoms with E-state index in [-0.39, 0.29) is 18.3 Å². The zero-order valence-electron chi connectivity index (χ0n) is 12.0. The van der Waals surface area contributed by atoms with Crippen molar-refractivity contribution in [2.75, 3.05) is 31.9 Å². The van der Waals surface area contributed by atoms with Crippen LogP contribution in [0.3, 0.4) is 0 Å². The average Bonchev–Trinajstić information content (AvgIpc) is 3.01. The van der Waals surface area contributed by atoms with Crippen molar-refractivity contribution in [2.24, 2.45) is 11.8 Å². The van der Waals surface area contributed by atoms with Gasteiger partial charge in [0.25, 0.3) is 5.91 Å². The summed E-state index contributed by atoms with van der Waals surface area (Å²) in [5, 5.41) is 4.04. The Bertz CT molecular complexity index is 514. The van der Waals surface area contributed by atoms with E-state index in [2.05, 4.69) is 12.2 Å². The summed E-state index contributed by atoms with van der Waals surface area (Å²) in [4.78, 5) is 15.8. The predicted octanol–water partition coefficient (Wildman–Crippen LogP) is 3.17. The second kappa shape index (κ2) is 7.23. The van der Waals surface area contributed by atoms with Gasteiger partial charge in [-0.1, -0.05) is 18.5 Å². The highest BCUT2D eigenvalue weighted by atomic mass is 35.5. The van der Waals surface area contributed by atoms with Gasteiger partial charge in [-0.05, 0) is 35.8 Å². The Kier molecular flexibility index (Phi) is 5.83. The molecule has 1 amide bonds. The molecule has 0 unspecified atom stereocenters. The molecule has 2 saturated heterocycles. The molecule has 0 saturated carbocycles. The lowest BCUT2D eigenvalue weighted by Gasteiger charge is -2.19. The van der Waals surface area contributed by atoms with Crippen LogP contribution >= 0.6 is 35.8 Å². The molecule has 6 heteroatoms. The third-order valence-electron chi connectivity index (χ3n) is 4.15. The lowest BCUT2D eigenvalue weighted by atomic mass is 10.0. The highest BCUT2D eigenvalue weighted by Gasteiger charge is 2.38. The number of benzene rings is 1. The summed E-state index contributed by atoms with van der Waals surface area (Å²) in [6.45, 7) is 5.93. The zero-order chi connectivity index (χ0) is 14.1. The Hall–Kier alpha value is -0.420. The lowest BCUT2D eigenvalue weighted by Crippen LogP contribution is -2.32. The maximum Gasteiger partial charge on any atom is 0.255 e. The minimum atomic E-state index is 0. The van der Waals surface area contributed by atoms with E-state index < -0.39 is 0 Å². The topological polar surface area (TPSA) is 32.3 Å². The number of halogens is 2. The quantitative estimate of drug-likeness (QED) is 0.853. The largest absolute Gasteiger partial charge is 0.338 e. The van der Waals surface area contributed by atoms with Crippen molar-refractivity contribution in [3.05, 3.63) is 28.8 Å². The Labute approximate surface area is 141 Å². The smallest absolute Gasteiger partial charge is 0.255 e. The first-order valence-electron chi connectivity index (χ1n) is 7.11. The van der Waals surface area contributed by atoms with Gasteiger partial charge in [0, 0.05) is 36.1 Å². The number of likely N-dealkylation sites (tertiary alicyclic amines) is 1. The number of hydrogen-bond donors (Lipinski definition) is 1. The van der Waals surface area contributed by atoms with Crippen LogP contribution in [0.15, 0.2) is 23.1 Å². The minimum Gasteiger partial charge on any atom is -0.338 e. The summed E-state index contributed by atoms with van der Waals surface area (Å²) in [6, 6.07) is 5.63. The highest BCUT2D eigenvalue weighted by Crippen LogP contribution is 2.31. The van der Waals surface area contributed by atoms with Crippen LogP contribution in [0.25, 0.3) is 0 Å². The first-order chi connectivity index (χ1) is 9.69. The molecule has 1 aromatic rings. The van der Waals surface area contributed by atoms with Crippen LogP contribution in [0.4, 0.5) is 0 Å². The molecule has 0 spiro atoms. The fourth-order valence-corrected chi connectivity index (χ4v) is 4.09. The van der Waals surface area contributed by atoms with Crippen LogP contribution in [-0.4, -0.2) is 42.7 Å². The number of hydrogen-bond acceptors (Lipinski definition) is 3. The first-order valence-corrected chi connectivity index (χ1v) is 8.47. The zero-order valence-corrected chi connectivity index (χ0v) is 14.4. The fraction of sp³-hybridized carbons (Fsp3) is 0.533. The van der Waals surface area contributed by atoms with E-state index >= 15 is 0 Å². The second-order valence-corrected chi connectivity index (χ2v) is 7.20. The van der Waals surface area contributed by atoms with E-state index in [1.165, 1.54) is 0 Å². The number of carbonyl (C=O) groups excluding carboxylic acids is 1. The van der Waals surface area contributed by atoms with Gasteiger partial charge in [0.05, 0.1) is 5.56 Å². The van der Waals surface area contributed by atoms with Crippen molar-refractivity contribution in [2.45, 2.75) is 11.8 Å². The average molecular weight is 347 g/mol. The Morgan fingerprint density at radius 2 is 2.05 bits per heavy atom. The summed E-state index contributed by atoms with van der Waals surface area (Å²) in [5.41, 5.74) is 0.761. The molecule has 0 aromatic heterocycles. The lowest BCUT2D eigenvalue weighted by molar-refractivity contribution is 0.0778. The molecule has 2 heterocycles. The van der Waals surface area contributed by atoms with E-state index in [9.17, 15) is 4.79 Å². The van der Waals surface area contributed by atoms with Crippen LogP contribution in [-0.2, 0) is 0 Å². The molecule has 2 fully saturated rings. The fourth-order valence-electron chi connectivity index (χ4n) is 3.14. The van der Waals surface area contributed by atoms with Crippen molar-refractivity contribution in [1.82, 2.24) is 10.2 Å². The molecule has 3 rings (SSSR count). The monoisotopic (exact) mass is 346 g/mol. The van der Waals surface area contributed by atoms with E-state index in [4.69, 9.17) is 11.6 Å². The van der Waals surface area contributed by atoms with Crippen molar-refractivity contribution >= 4 is 41.7 Å². The molecule has 2 aliphatic rings. The molecule has 1 aromatic carbocycles. The molecule has 21 heavy (non-hydrogen) atoms. The van der Waals surface area contributed by atoms with Gasteiger partial charge in [-0.25, -0.2) is 0 Å². The first kappa shape index (κ1) is 16.9. The maximum absolute atomic E-state index is 12.8. The molecule has 0 aliphatic carbocycles. The standard InChI is InChI=1S/C15H19ClN2OS.ClH/c1-2-20-14-4-3-12(16)5-13(14)15(19)18-8-10-6-17-7-11(10)9-18;/h3-5,10-11,17H,2,6-9H2,1H3;1H/t10-,11+;. The van der Waals surface area contributed by atoms with Gasteiger partial charge in [0.2, 0.25) is 0 Å². The summed E-state index contributed by atoms with van der Waals surface area (Å²) in [6.07, 6.45) is 0. The number of fused-ring (bicyclic) bond motifs is 1. The molecule has 0 bridgehead atoms.